The Labute approximate surface area is 132 Å². The first-order valence-corrected chi connectivity index (χ1v) is 7.49. The van der Waals surface area contributed by atoms with Gasteiger partial charge in [-0.05, 0) is 43.4 Å². The van der Waals surface area contributed by atoms with Crippen molar-refractivity contribution in [3.05, 3.63) is 52.8 Å². The number of aromatic nitrogens is 2. The molecule has 0 aliphatic heterocycles. The molecule has 4 nitrogen and oxygen atoms in total. The summed E-state index contributed by atoms with van der Waals surface area (Å²) in [6.07, 6.45) is 0. The smallest absolute Gasteiger partial charge is 0.243 e. The molecule has 0 aliphatic rings. The second-order valence-electron chi connectivity index (χ2n) is 6.61. The van der Waals surface area contributed by atoms with E-state index in [0.717, 1.165) is 22.7 Å². The van der Waals surface area contributed by atoms with Gasteiger partial charge in [-0.3, -0.25) is 0 Å². The van der Waals surface area contributed by atoms with Gasteiger partial charge in [0.2, 0.25) is 5.95 Å². The molecule has 0 amide bonds. The highest BCUT2D eigenvalue weighted by Crippen LogP contribution is 2.22. The van der Waals surface area contributed by atoms with Crippen LogP contribution in [0.25, 0.3) is 0 Å². The SMILES string of the molecule is C/C(=N/Nc1nc(C)cc(C)n1)c1ccc(C(C)(C)C)cc1. The average molecular weight is 296 g/mol. The number of hydrogen-bond acceptors (Lipinski definition) is 4. The molecule has 116 valence electrons. The molecule has 2 aromatic rings. The fourth-order valence-electron chi connectivity index (χ4n) is 2.19. The second-order valence-corrected chi connectivity index (χ2v) is 6.61. The van der Waals surface area contributed by atoms with Crippen LogP contribution in [0.2, 0.25) is 0 Å². The molecule has 0 atom stereocenters. The van der Waals surface area contributed by atoms with Crippen molar-refractivity contribution in [3.8, 4) is 0 Å². The van der Waals surface area contributed by atoms with Crippen molar-refractivity contribution in [2.24, 2.45) is 5.10 Å². The molecular weight excluding hydrogens is 272 g/mol. The van der Waals surface area contributed by atoms with E-state index < -0.39 is 0 Å². The summed E-state index contributed by atoms with van der Waals surface area (Å²) in [4.78, 5) is 8.63. The Bertz CT molecular complexity index is 659. The number of anilines is 1. The van der Waals surface area contributed by atoms with Crippen LogP contribution in [0.4, 0.5) is 5.95 Å². The predicted molar refractivity (Wildman–Crippen MR) is 92.5 cm³/mol. The van der Waals surface area contributed by atoms with E-state index in [9.17, 15) is 0 Å². The highest BCUT2D eigenvalue weighted by Gasteiger charge is 2.13. The standard InChI is InChI=1S/C18H24N4/c1-12-11-13(2)20-17(19-12)22-21-14(3)15-7-9-16(10-8-15)18(4,5)6/h7-11H,1-6H3,(H,19,20,22)/b21-14-. The minimum atomic E-state index is 0.161. The van der Waals surface area contributed by atoms with Crippen molar-refractivity contribution in [2.45, 2.75) is 47.0 Å². The van der Waals surface area contributed by atoms with Crippen LogP contribution in [0.15, 0.2) is 35.4 Å². The minimum Gasteiger partial charge on any atom is -0.245 e. The van der Waals surface area contributed by atoms with Crippen molar-refractivity contribution in [3.63, 3.8) is 0 Å². The molecule has 0 bridgehead atoms. The zero-order chi connectivity index (χ0) is 16.3. The molecule has 1 aromatic heterocycles. The Morgan fingerprint density at radius 3 is 2.05 bits per heavy atom. The van der Waals surface area contributed by atoms with Crippen LogP contribution in [0.5, 0.6) is 0 Å². The number of hydrazone groups is 1. The first-order valence-electron chi connectivity index (χ1n) is 7.49. The van der Waals surface area contributed by atoms with E-state index in [1.54, 1.807) is 0 Å². The Morgan fingerprint density at radius 1 is 1.00 bits per heavy atom. The number of nitrogens with zero attached hydrogens (tertiary/aromatic N) is 3. The van der Waals surface area contributed by atoms with Crippen molar-refractivity contribution < 1.29 is 0 Å². The fourth-order valence-corrected chi connectivity index (χ4v) is 2.19. The van der Waals surface area contributed by atoms with E-state index in [2.05, 4.69) is 65.5 Å². The third-order valence-corrected chi connectivity index (χ3v) is 3.47. The molecular formula is C18H24N4. The lowest BCUT2D eigenvalue weighted by molar-refractivity contribution is 0.590. The van der Waals surface area contributed by atoms with E-state index in [4.69, 9.17) is 0 Å². The molecule has 2 rings (SSSR count). The van der Waals surface area contributed by atoms with Crippen LogP contribution in [0.3, 0.4) is 0 Å². The minimum absolute atomic E-state index is 0.161. The largest absolute Gasteiger partial charge is 0.245 e. The number of nitrogens with one attached hydrogen (secondary N) is 1. The summed E-state index contributed by atoms with van der Waals surface area (Å²) in [5.41, 5.74) is 8.26. The van der Waals surface area contributed by atoms with Gasteiger partial charge < -0.3 is 0 Å². The normalized spacial score (nSPS) is 12.4. The Kier molecular flexibility index (Phi) is 4.59. The van der Waals surface area contributed by atoms with Gasteiger partial charge >= 0.3 is 0 Å². The summed E-state index contributed by atoms with van der Waals surface area (Å²) < 4.78 is 0. The highest BCUT2D eigenvalue weighted by atomic mass is 15.4. The molecule has 22 heavy (non-hydrogen) atoms. The Balaban J connectivity index is 2.15. The Morgan fingerprint density at radius 2 is 1.55 bits per heavy atom. The number of benzene rings is 1. The molecule has 1 N–H and O–H groups in total. The van der Waals surface area contributed by atoms with E-state index in [1.165, 1.54) is 5.56 Å². The van der Waals surface area contributed by atoms with Gasteiger partial charge in [0, 0.05) is 11.4 Å². The molecule has 0 saturated carbocycles. The summed E-state index contributed by atoms with van der Waals surface area (Å²) in [5, 5.41) is 4.38. The van der Waals surface area contributed by atoms with Gasteiger partial charge in [-0.15, -0.1) is 0 Å². The van der Waals surface area contributed by atoms with Gasteiger partial charge in [0.1, 0.15) is 0 Å². The van der Waals surface area contributed by atoms with Crippen molar-refractivity contribution in [1.29, 1.82) is 0 Å². The Hall–Kier alpha value is -2.23. The zero-order valence-electron chi connectivity index (χ0n) is 14.2. The molecule has 1 aromatic carbocycles. The summed E-state index contributed by atoms with van der Waals surface area (Å²) in [5.74, 6) is 0.531. The number of hydrogen-bond donors (Lipinski definition) is 1. The van der Waals surface area contributed by atoms with Crippen LogP contribution in [0, 0.1) is 13.8 Å². The maximum atomic E-state index is 4.38. The summed E-state index contributed by atoms with van der Waals surface area (Å²) in [7, 11) is 0. The first kappa shape index (κ1) is 16.1. The quantitative estimate of drug-likeness (QED) is 0.681. The second kappa shape index (κ2) is 6.26. The molecule has 0 spiro atoms. The van der Waals surface area contributed by atoms with Crippen molar-refractivity contribution in [1.82, 2.24) is 9.97 Å². The summed E-state index contributed by atoms with van der Waals surface area (Å²) in [6.45, 7) is 12.5. The zero-order valence-corrected chi connectivity index (χ0v) is 14.2. The third kappa shape index (κ3) is 4.13. The van der Waals surface area contributed by atoms with Gasteiger partial charge in [-0.25, -0.2) is 15.4 Å². The molecule has 4 heteroatoms. The number of aryl methyl sites for hydroxylation is 2. The van der Waals surface area contributed by atoms with Crippen LogP contribution in [-0.4, -0.2) is 15.7 Å². The van der Waals surface area contributed by atoms with E-state index >= 15 is 0 Å². The average Bonchev–Trinajstić information content (AvgIpc) is 2.43. The van der Waals surface area contributed by atoms with Gasteiger partial charge in [-0.1, -0.05) is 45.0 Å². The van der Waals surface area contributed by atoms with Crippen molar-refractivity contribution >= 4 is 11.7 Å². The third-order valence-electron chi connectivity index (χ3n) is 3.47. The first-order chi connectivity index (χ1) is 10.3. The van der Waals surface area contributed by atoms with Crippen LogP contribution >= 0.6 is 0 Å². The van der Waals surface area contributed by atoms with Gasteiger partial charge in [0.25, 0.3) is 0 Å². The van der Waals surface area contributed by atoms with Gasteiger partial charge in [0.05, 0.1) is 5.71 Å². The van der Waals surface area contributed by atoms with Crippen LogP contribution in [-0.2, 0) is 5.41 Å². The summed E-state index contributed by atoms with van der Waals surface area (Å²) in [6, 6.07) is 10.4. The lowest BCUT2D eigenvalue weighted by Crippen LogP contribution is -2.11. The molecule has 0 fully saturated rings. The molecule has 0 unspecified atom stereocenters. The lowest BCUT2D eigenvalue weighted by Gasteiger charge is -2.19. The van der Waals surface area contributed by atoms with Gasteiger partial charge in [-0.2, -0.15) is 5.10 Å². The van der Waals surface area contributed by atoms with Crippen molar-refractivity contribution in [2.75, 3.05) is 5.43 Å². The topological polar surface area (TPSA) is 50.2 Å². The predicted octanol–water partition coefficient (Wildman–Crippen LogP) is 4.23. The maximum absolute atomic E-state index is 4.38. The molecule has 0 saturated heterocycles. The number of rotatable bonds is 3. The van der Waals surface area contributed by atoms with E-state index in [0.29, 0.717) is 5.95 Å². The molecule has 0 aliphatic carbocycles. The molecule has 0 radical (unpaired) electrons. The highest BCUT2D eigenvalue weighted by molar-refractivity contribution is 5.99. The monoisotopic (exact) mass is 296 g/mol. The van der Waals surface area contributed by atoms with Crippen LogP contribution < -0.4 is 5.43 Å². The maximum Gasteiger partial charge on any atom is 0.243 e. The fraction of sp³-hybridized carbons (Fsp3) is 0.389. The van der Waals surface area contributed by atoms with Crippen LogP contribution in [0.1, 0.15) is 50.2 Å². The lowest BCUT2D eigenvalue weighted by atomic mass is 9.86. The molecule has 1 heterocycles. The summed E-state index contributed by atoms with van der Waals surface area (Å²) >= 11 is 0. The van der Waals surface area contributed by atoms with Gasteiger partial charge in [0.15, 0.2) is 0 Å². The van der Waals surface area contributed by atoms with E-state index in [-0.39, 0.29) is 5.41 Å². The van der Waals surface area contributed by atoms with E-state index in [1.807, 2.05) is 26.8 Å².